The number of hydrogen-bond acceptors (Lipinski definition) is 6. The second kappa shape index (κ2) is 8.17. The first-order chi connectivity index (χ1) is 14.0. The van der Waals surface area contributed by atoms with Crippen LogP contribution in [0, 0.1) is 5.82 Å². The van der Waals surface area contributed by atoms with Gasteiger partial charge in [-0.1, -0.05) is 0 Å². The van der Waals surface area contributed by atoms with E-state index >= 15 is 0 Å². The Balaban J connectivity index is 1.42. The number of cyclic esters (lactones) is 1. The van der Waals surface area contributed by atoms with Crippen LogP contribution in [0.1, 0.15) is 19.3 Å². The highest BCUT2D eigenvalue weighted by Crippen LogP contribution is 2.37. The first-order valence-corrected chi connectivity index (χ1v) is 11.2. The number of amides is 2. The minimum atomic E-state index is -0.828. The fraction of sp³-hybridized carbons (Fsp3) is 0.579. The van der Waals surface area contributed by atoms with Crippen LogP contribution < -0.4 is 15.1 Å². The van der Waals surface area contributed by atoms with Crippen LogP contribution in [0.15, 0.2) is 18.2 Å². The minimum Gasteiger partial charge on any atom is -0.453 e. The average Bonchev–Trinajstić information content (AvgIpc) is 3.18. The Hall–Kier alpha value is -2.36. The molecule has 2 unspecified atom stereocenters. The number of halogens is 1. The Bertz CT molecular complexity index is 822. The number of ether oxygens (including phenoxy) is 2. The SMILES string of the molecule is COC(=O)NCC[C@H]1CN(c2ccc(N3C4CCC3CS(=O)C4)c(F)c2)C(=O)O1. The molecule has 3 aliphatic heterocycles. The molecule has 1 N–H and O–H groups in total. The Morgan fingerprint density at radius 1 is 1.34 bits per heavy atom. The summed E-state index contributed by atoms with van der Waals surface area (Å²) in [7, 11) is 0.449. The lowest BCUT2D eigenvalue weighted by Crippen LogP contribution is -2.47. The number of nitrogens with zero attached hydrogens (tertiary/aromatic N) is 2. The normalized spacial score (nSPS) is 28.4. The third-order valence-corrected chi connectivity index (χ3v) is 7.21. The van der Waals surface area contributed by atoms with E-state index < -0.39 is 34.9 Å². The molecule has 2 bridgehead atoms. The summed E-state index contributed by atoms with van der Waals surface area (Å²) in [6.45, 7) is 0.597. The number of hydrogen-bond donors (Lipinski definition) is 1. The fourth-order valence-corrected chi connectivity index (χ4v) is 5.99. The fourth-order valence-electron chi connectivity index (χ4n) is 4.34. The van der Waals surface area contributed by atoms with Gasteiger partial charge in [0, 0.05) is 47.4 Å². The van der Waals surface area contributed by atoms with E-state index in [4.69, 9.17) is 4.74 Å². The van der Waals surface area contributed by atoms with Crippen molar-refractivity contribution in [1.82, 2.24) is 5.32 Å². The molecule has 29 heavy (non-hydrogen) atoms. The monoisotopic (exact) mass is 425 g/mol. The summed E-state index contributed by atoms with van der Waals surface area (Å²) in [4.78, 5) is 26.8. The largest absolute Gasteiger partial charge is 0.453 e. The van der Waals surface area contributed by atoms with Crippen molar-refractivity contribution in [2.75, 3.05) is 41.5 Å². The third-order valence-electron chi connectivity index (χ3n) is 5.69. The highest BCUT2D eigenvalue weighted by molar-refractivity contribution is 7.85. The number of benzene rings is 1. The second-order valence-corrected chi connectivity index (χ2v) is 9.07. The summed E-state index contributed by atoms with van der Waals surface area (Å²) in [5, 5.41) is 2.54. The van der Waals surface area contributed by atoms with Crippen LogP contribution in [0.4, 0.5) is 25.4 Å². The summed E-state index contributed by atoms with van der Waals surface area (Å²) in [6.07, 6.45) is 0.823. The van der Waals surface area contributed by atoms with E-state index in [0.29, 0.717) is 35.8 Å². The van der Waals surface area contributed by atoms with Crippen molar-refractivity contribution in [2.24, 2.45) is 0 Å². The Labute approximate surface area is 170 Å². The molecule has 10 heteroatoms. The topological polar surface area (TPSA) is 88.2 Å². The van der Waals surface area contributed by atoms with Crippen molar-refractivity contribution >= 4 is 34.4 Å². The van der Waals surface area contributed by atoms with Crippen LogP contribution in [-0.4, -0.2) is 66.3 Å². The highest BCUT2D eigenvalue weighted by Gasteiger charge is 2.41. The molecule has 3 saturated heterocycles. The number of carbonyl (C=O) groups excluding carboxylic acids is 2. The van der Waals surface area contributed by atoms with Crippen molar-refractivity contribution in [1.29, 1.82) is 0 Å². The van der Waals surface area contributed by atoms with Gasteiger partial charge in [-0.15, -0.1) is 0 Å². The van der Waals surface area contributed by atoms with Gasteiger partial charge >= 0.3 is 12.2 Å². The van der Waals surface area contributed by atoms with E-state index in [2.05, 4.69) is 15.0 Å². The smallest absolute Gasteiger partial charge is 0.414 e. The van der Waals surface area contributed by atoms with E-state index in [1.807, 2.05) is 0 Å². The number of carbonyl (C=O) groups is 2. The van der Waals surface area contributed by atoms with E-state index in [1.54, 1.807) is 12.1 Å². The molecule has 0 aromatic heterocycles. The van der Waals surface area contributed by atoms with Crippen molar-refractivity contribution in [3.63, 3.8) is 0 Å². The predicted octanol–water partition coefficient (Wildman–Crippen LogP) is 2.00. The van der Waals surface area contributed by atoms with E-state index in [0.717, 1.165) is 12.8 Å². The lowest BCUT2D eigenvalue weighted by molar-refractivity contribution is 0.135. The molecule has 3 aliphatic rings. The molecule has 0 saturated carbocycles. The molecular weight excluding hydrogens is 401 g/mol. The molecule has 1 aromatic rings. The Morgan fingerprint density at radius 3 is 2.72 bits per heavy atom. The summed E-state index contributed by atoms with van der Waals surface area (Å²) >= 11 is 0. The number of rotatable bonds is 5. The molecule has 158 valence electrons. The number of methoxy groups -OCH3 is 1. The molecular formula is C19H24FN3O5S. The molecule has 0 aliphatic carbocycles. The third kappa shape index (κ3) is 4.03. The number of fused-ring (bicyclic) bond motifs is 2. The molecule has 3 atom stereocenters. The molecule has 3 heterocycles. The van der Waals surface area contributed by atoms with Gasteiger partial charge in [-0.2, -0.15) is 0 Å². The standard InChI is InChI=1S/C19H24FN3O5S/c1-27-18(24)21-7-6-15-9-22(19(25)28-15)12-4-5-17(16(20)8-12)23-13-2-3-14(23)11-29(26)10-13/h4-5,8,13-15H,2-3,6-7,9-11H2,1H3,(H,21,24)/t13?,14?,15-,29?/m0/s1. The molecule has 4 rings (SSSR count). The zero-order chi connectivity index (χ0) is 20.5. The summed E-state index contributed by atoms with van der Waals surface area (Å²) in [5.41, 5.74) is 0.942. The van der Waals surface area contributed by atoms with Crippen LogP contribution in [-0.2, 0) is 20.3 Å². The van der Waals surface area contributed by atoms with Crippen molar-refractivity contribution in [2.45, 2.75) is 37.5 Å². The Morgan fingerprint density at radius 2 is 2.07 bits per heavy atom. The first kappa shape index (κ1) is 19.9. The zero-order valence-electron chi connectivity index (χ0n) is 16.1. The van der Waals surface area contributed by atoms with Gasteiger partial charge in [-0.3, -0.25) is 9.11 Å². The quantitative estimate of drug-likeness (QED) is 0.776. The van der Waals surface area contributed by atoms with Gasteiger partial charge in [0.2, 0.25) is 0 Å². The highest BCUT2D eigenvalue weighted by atomic mass is 32.2. The molecule has 0 spiro atoms. The van der Waals surface area contributed by atoms with Crippen LogP contribution in [0.3, 0.4) is 0 Å². The lowest BCUT2D eigenvalue weighted by atomic mass is 10.2. The summed E-state index contributed by atoms with van der Waals surface area (Å²) in [5.74, 6) is 0.769. The van der Waals surface area contributed by atoms with E-state index in [1.165, 1.54) is 18.1 Å². The van der Waals surface area contributed by atoms with Gasteiger partial charge in [0.1, 0.15) is 11.9 Å². The zero-order valence-corrected chi connectivity index (χ0v) is 17.0. The van der Waals surface area contributed by atoms with Gasteiger partial charge in [0.25, 0.3) is 0 Å². The molecule has 1 aromatic carbocycles. The van der Waals surface area contributed by atoms with Gasteiger partial charge < -0.3 is 19.7 Å². The summed E-state index contributed by atoms with van der Waals surface area (Å²) < 4.78 is 36.7. The molecule has 8 nitrogen and oxygen atoms in total. The van der Waals surface area contributed by atoms with E-state index in [-0.39, 0.29) is 18.6 Å². The number of anilines is 2. The Kier molecular flexibility index (Phi) is 5.62. The van der Waals surface area contributed by atoms with Crippen LogP contribution in [0.25, 0.3) is 0 Å². The molecule has 3 fully saturated rings. The van der Waals surface area contributed by atoms with Crippen LogP contribution >= 0.6 is 0 Å². The maximum atomic E-state index is 15.0. The minimum absolute atomic E-state index is 0.110. The number of nitrogens with one attached hydrogen (secondary N) is 1. The summed E-state index contributed by atoms with van der Waals surface area (Å²) in [6, 6.07) is 5.00. The van der Waals surface area contributed by atoms with Crippen molar-refractivity contribution in [3.05, 3.63) is 24.0 Å². The maximum absolute atomic E-state index is 15.0. The van der Waals surface area contributed by atoms with Crippen LogP contribution in [0.5, 0.6) is 0 Å². The van der Waals surface area contributed by atoms with E-state index in [9.17, 15) is 18.2 Å². The maximum Gasteiger partial charge on any atom is 0.414 e. The van der Waals surface area contributed by atoms with Gasteiger partial charge in [-0.25, -0.2) is 14.0 Å². The molecule has 2 amide bonds. The van der Waals surface area contributed by atoms with Crippen molar-refractivity contribution < 1.29 is 27.7 Å². The average molecular weight is 425 g/mol. The predicted molar refractivity (Wildman–Crippen MR) is 106 cm³/mol. The van der Waals surface area contributed by atoms with Gasteiger partial charge in [-0.05, 0) is 31.0 Å². The van der Waals surface area contributed by atoms with Crippen LogP contribution in [0.2, 0.25) is 0 Å². The van der Waals surface area contributed by atoms with Gasteiger partial charge in [0.15, 0.2) is 0 Å². The molecule has 0 radical (unpaired) electrons. The number of alkyl carbamates (subject to hydrolysis) is 1. The lowest BCUT2D eigenvalue weighted by Gasteiger charge is -2.36. The first-order valence-electron chi connectivity index (χ1n) is 9.69. The van der Waals surface area contributed by atoms with Gasteiger partial charge in [0.05, 0.1) is 25.0 Å². The second-order valence-electron chi connectivity index (χ2n) is 7.52. The van der Waals surface area contributed by atoms with Crippen molar-refractivity contribution in [3.8, 4) is 0 Å².